The van der Waals surface area contributed by atoms with Crippen molar-refractivity contribution in [2.75, 3.05) is 17.2 Å². The Labute approximate surface area is 150 Å². The van der Waals surface area contributed by atoms with Crippen LogP contribution >= 0.6 is 0 Å². The first-order valence-corrected chi connectivity index (χ1v) is 8.26. The highest BCUT2D eigenvalue weighted by atomic mass is 19.1. The van der Waals surface area contributed by atoms with Crippen molar-refractivity contribution in [2.24, 2.45) is 0 Å². The second-order valence-corrected chi connectivity index (χ2v) is 5.81. The van der Waals surface area contributed by atoms with Crippen molar-refractivity contribution >= 4 is 17.3 Å². The Morgan fingerprint density at radius 3 is 2.31 bits per heavy atom. The quantitative estimate of drug-likeness (QED) is 0.664. The highest BCUT2D eigenvalue weighted by Crippen LogP contribution is 2.15. The molecule has 3 aromatic rings. The van der Waals surface area contributed by atoms with E-state index in [1.807, 2.05) is 18.2 Å². The SMILES string of the molecule is O=C(Nc1ccc(NCCc2ccccc2F)cc1)c1cccc(F)c1. The highest BCUT2D eigenvalue weighted by molar-refractivity contribution is 6.04. The molecule has 2 N–H and O–H groups in total. The molecule has 3 aromatic carbocycles. The smallest absolute Gasteiger partial charge is 0.255 e. The Bertz CT molecular complexity index is 895. The van der Waals surface area contributed by atoms with E-state index in [1.165, 1.54) is 24.3 Å². The van der Waals surface area contributed by atoms with E-state index in [4.69, 9.17) is 0 Å². The Morgan fingerprint density at radius 2 is 1.58 bits per heavy atom. The summed E-state index contributed by atoms with van der Waals surface area (Å²) < 4.78 is 26.7. The van der Waals surface area contributed by atoms with Crippen LogP contribution in [0.3, 0.4) is 0 Å². The molecule has 0 aliphatic heterocycles. The largest absolute Gasteiger partial charge is 0.385 e. The molecule has 26 heavy (non-hydrogen) atoms. The Hall–Kier alpha value is -3.21. The fourth-order valence-electron chi connectivity index (χ4n) is 2.55. The van der Waals surface area contributed by atoms with Gasteiger partial charge in [0.1, 0.15) is 11.6 Å². The molecule has 0 heterocycles. The molecule has 0 aliphatic rings. The summed E-state index contributed by atoms with van der Waals surface area (Å²) in [6.45, 7) is 0.593. The summed E-state index contributed by atoms with van der Waals surface area (Å²) in [7, 11) is 0. The van der Waals surface area contributed by atoms with Crippen LogP contribution in [-0.4, -0.2) is 12.5 Å². The van der Waals surface area contributed by atoms with Crippen molar-refractivity contribution in [1.29, 1.82) is 0 Å². The summed E-state index contributed by atoms with van der Waals surface area (Å²) in [5.41, 5.74) is 2.40. The van der Waals surface area contributed by atoms with Gasteiger partial charge in [-0.05, 0) is 60.5 Å². The van der Waals surface area contributed by atoms with E-state index in [0.717, 1.165) is 5.69 Å². The monoisotopic (exact) mass is 352 g/mol. The van der Waals surface area contributed by atoms with E-state index in [-0.39, 0.29) is 17.3 Å². The lowest BCUT2D eigenvalue weighted by atomic mass is 10.1. The van der Waals surface area contributed by atoms with Crippen molar-refractivity contribution in [1.82, 2.24) is 0 Å². The maximum atomic E-state index is 13.6. The number of nitrogens with one attached hydrogen (secondary N) is 2. The summed E-state index contributed by atoms with van der Waals surface area (Å²) in [6.07, 6.45) is 0.574. The zero-order valence-corrected chi connectivity index (χ0v) is 14.0. The van der Waals surface area contributed by atoms with Gasteiger partial charge < -0.3 is 10.6 Å². The zero-order valence-electron chi connectivity index (χ0n) is 14.0. The third kappa shape index (κ3) is 4.66. The Morgan fingerprint density at radius 1 is 0.846 bits per heavy atom. The molecular formula is C21H18F2N2O. The van der Waals surface area contributed by atoms with Crippen molar-refractivity contribution in [3.8, 4) is 0 Å². The number of carbonyl (C=O) groups is 1. The molecular weight excluding hydrogens is 334 g/mol. The first-order chi connectivity index (χ1) is 12.6. The van der Waals surface area contributed by atoms with E-state index in [0.29, 0.717) is 24.2 Å². The van der Waals surface area contributed by atoms with E-state index in [2.05, 4.69) is 10.6 Å². The third-order valence-corrected chi connectivity index (χ3v) is 3.91. The van der Waals surface area contributed by atoms with Crippen LogP contribution in [0.5, 0.6) is 0 Å². The second-order valence-electron chi connectivity index (χ2n) is 5.81. The molecule has 3 rings (SSSR count). The molecule has 0 fully saturated rings. The molecule has 0 aliphatic carbocycles. The van der Waals surface area contributed by atoms with E-state index >= 15 is 0 Å². The van der Waals surface area contributed by atoms with Gasteiger partial charge in [-0.25, -0.2) is 8.78 Å². The minimum Gasteiger partial charge on any atom is -0.385 e. The van der Waals surface area contributed by atoms with Gasteiger partial charge in [0.25, 0.3) is 5.91 Å². The van der Waals surface area contributed by atoms with E-state index < -0.39 is 5.82 Å². The summed E-state index contributed by atoms with van der Waals surface area (Å²) in [5, 5.41) is 5.93. The number of benzene rings is 3. The lowest BCUT2D eigenvalue weighted by molar-refractivity contribution is 0.102. The Kier molecular flexibility index (Phi) is 5.59. The van der Waals surface area contributed by atoms with Gasteiger partial charge in [-0.2, -0.15) is 0 Å². The topological polar surface area (TPSA) is 41.1 Å². The molecule has 5 heteroatoms. The predicted molar refractivity (Wildman–Crippen MR) is 99.4 cm³/mol. The van der Waals surface area contributed by atoms with Gasteiger partial charge in [0.2, 0.25) is 0 Å². The van der Waals surface area contributed by atoms with Crippen molar-refractivity contribution < 1.29 is 13.6 Å². The first-order valence-electron chi connectivity index (χ1n) is 8.26. The standard InChI is InChI=1S/C21H18F2N2O/c22-17-6-3-5-16(14-17)21(26)25-19-10-8-18(9-11-19)24-13-12-15-4-1-2-7-20(15)23/h1-11,14,24H,12-13H2,(H,25,26). The lowest BCUT2D eigenvalue weighted by Gasteiger charge is -2.09. The van der Waals surface area contributed by atoms with Crippen LogP contribution in [0.4, 0.5) is 20.2 Å². The summed E-state index contributed by atoms with van der Waals surface area (Å²) in [4.78, 5) is 12.1. The fraction of sp³-hybridized carbons (Fsp3) is 0.0952. The van der Waals surface area contributed by atoms with Crippen LogP contribution < -0.4 is 10.6 Å². The normalized spacial score (nSPS) is 10.4. The maximum absolute atomic E-state index is 13.6. The number of hydrogen-bond acceptors (Lipinski definition) is 2. The molecule has 0 unspecified atom stereocenters. The van der Waals surface area contributed by atoms with Crippen LogP contribution in [-0.2, 0) is 6.42 Å². The zero-order chi connectivity index (χ0) is 18.4. The van der Waals surface area contributed by atoms with Gasteiger partial charge in [0.05, 0.1) is 0 Å². The van der Waals surface area contributed by atoms with Crippen LogP contribution in [0.1, 0.15) is 15.9 Å². The van der Waals surface area contributed by atoms with Gasteiger partial charge in [0, 0.05) is 23.5 Å². The molecule has 0 atom stereocenters. The average Bonchev–Trinajstić information content (AvgIpc) is 2.65. The van der Waals surface area contributed by atoms with Crippen LogP contribution in [0.15, 0.2) is 72.8 Å². The van der Waals surface area contributed by atoms with Gasteiger partial charge in [-0.3, -0.25) is 4.79 Å². The van der Waals surface area contributed by atoms with Crippen LogP contribution in [0.25, 0.3) is 0 Å². The average molecular weight is 352 g/mol. The lowest BCUT2D eigenvalue weighted by Crippen LogP contribution is -2.12. The van der Waals surface area contributed by atoms with Crippen LogP contribution in [0.2, 0.25) is 0 Å². The van der Waals surface area contributed by atoms with E-state index in [1.54, 1.807) is 30.3 Å². The second kappa shape index (κ2) is 8.25. The summed E-state index contributed by atoms with van der Waals surface area (Å²) >= 11 is 0. The number of amides is 1. The number of rotatable bonds is 6. The molecule has 0 spiro atoms. The molecule has 0 saturated heterocycles. The maximum Gasteiger partial charge on any atom is 0.255 e. The molecule has 0 saturated carbocycles. The van der Waals surface area contributed by atoms with E-state index in [9.17, 15) is 13.6 Å². The third-order valence-electron chi connectivity index (χ3n) is 3.91. The molecule has 0 bridgehead atoms. The van der Waals surface area contributed by atoms with Crippen molar-refractivity contribution in [3.63, 3.8) is 0 Å². The van der Waals surface area contributed by atoms with Gasteiger partial charge >= 0.3 is 0 Å². The molecule has 132 valence electrons. The van der Waals surface area contributed by atoms with Crippen molar-refractivity contribution in [2.45, 2.75) is 6.42 Å². The summed E-state index contributed by atoms with van der Waals surface area (Å²) in [5.74, 6) is -1.03. The highest BCUT2D eigenvalue weighted by Gasteiger charge is 2.07. The molecule has 0 radical (unpaired) electrons. The number of hydrogen-bond donors (Lipinski definition) is 2. The fourth-order valence-corrected chi connectivity index (χ4v) is 2.55. The minimum atomic E-state index is -0.452. The van der Waals surface area contributed by atoms with Crippen molar-refractivity contribution in [3.05, 3.63) is 95.6 Å². The number of carbonyl (C=O) groups excluding carboxylic acids is 1. The molecule has 1 amide bonds. The summed E-state index contributed by atoms with van der Waals surface area (Å²) in [6, 6.07) is 19.4. The number of anilines is 2. The van der Waals surface area contributed by atoms with Crippen LogP contribution in [0, 0.1) is 11.6 Å². The minimum absolute atomic E-state index is 0.204. The molecule has 0 aromatic heterocycles. The molecule has 3 nitrogen and oxygen atoms in total. The number of halogens is 2. The Balaban J connectivity index is 1.53. The predicted octanol–water partition coefficient (Wildman–Crippen LogP) is 4.87. The van der Waals surface area contributed by atoms with Gasteiger partial charge in [0.15, 0.2) is 0 Å². The van der Waals surface area contributed by atoms with Gasteiger partial charge in [-0.15, -0.1) is 0 Å². The van der Waals surface area contributed by atoms with Gasteiger partial charge in [-0.1, -0.05) is 24.3 Å². The first kappa shape index (κ1) is 17.6.